The van der Waals surface area contributed by atoms with Crippen LogP contribution in [0.3, 0.4) is 0 Å². The highest BCUT2D eigenvalue weighted by molar-refractivity contribution is 6.68. The largest absolute Gasteiger partial charge is 0.434 e. The predicted octanol–water partition coefficient (Wildman–Crippen LogP) is 4.15. The highest BCUT2D eigenvalue weighted by Crippen LogP contribution is 2.40. The van der Waals surface area contributed by atoms with E-state index < -0.39 is 39.6 Å². The van der Waals surface area contributed by atoms with Crippen LogP contribution in [-0.4, -0.2) is 10.2 Å². The standard InChI is InChI=1S/C8HCl2F6NO/c9-3-1-2(7(11,12)13)4(6(10)18)5(17-3)8(14,15)16/h1H. The van der Waals surface area contributed by atoms with Crippen LogP contribution in [0.2, 0.25) is 5.15 Å². The predicted molar refractivity (Wildman–Crippen MR) is 49.4 cm³/mol. The first-order valence-electron chi connectivity index (χ1n) is 3.99. The Bertz CT molecular complexity index is 460. The van der Waals surface area contributed by atoms with E-state index in [9.17, 15) is 31.1 Å². The Morgan fingerprint density at radius 3 is 1.94 bits per heavy atom. The Balaban J connectivity index is 3.74. The Morgan fingerprint density at radius 1 is 1.11 bits per heavy atom. The molecule has 0 fully saturated rings. The number of pyridine rings is 1. The van der Waals surface area contributed by atoms with Crippen molar-refractivity contribution < 1.29 is 31.1 Å². The normalized spacial score (nSPS) is 12.7. The van der Waals surface area contributed by atoms with Crippen LogP contribution in [0.4, 0.5) is 26.3 Å². The highest BCUT2D eigenvalue weighted by Gasteiger charge is 2.44. The van der Waals surface area contributed by atoms with Gasteiger partial charge in [-0.2, -0.15) is 26.3 Å². The van der Waals surface area contributed by atoms with E-state index in [2.05, 4.69) is 4.98 Å². The van der Waals surface area contributed by atoms with Crippen molar-refractivity contribution in [1.82, 2.24) is 4.98 Å². The van der Waals surface area contributed by atoms with Crippen molar-refractivity contribution in [2.45, 2.75) is 12.4 Å². The number of carbonyl (C=O) groups is 1. The minimum absolute atomic E-state index is 0.104. The monoisotopic (exact) mass is 311 g/mol. The quantitative estimate of drug-likeness (QED) is 0.443. The zero-order valence-corrected chi connectivity index (χ0v) is 9.47. The number of halogens is 8. The van der Waals surface area contributed by atoms with Crippen molar-refractivity contribution in [2.75, 3.05) is 0 Å². The third-order valence-electron chi connectivity index (χ3n) is 1.76. The average molecular weight is 312 g/mol. The summed E-state index contributed by atoms with van der Waals surface area (Å²) in [6, 6.07) is 0.104. The summed E-state index contributed by atoms with van der Waals surface area (Å²) in [6.45, 7) is 0. The van der Waals surface area contributed by atoms with Gasteiger partial charge in [-0.1, -0.05) is 11.6 Å². The van der Waals surface area contributed by atoms with Crippen molar-refractivity contribution in [3.63, 3.8) is 0 Å². The number of rotatable bonds is 1. The maximum atomic E-state index is 12.5. The molecule has 0 atom stereocenters. The zero-order valence-electron chi connectivity index (χ0n) is 7.96. The lowest BCUT2D eigenvalue weighted by Crippen LogP contribution is -2.20. The number of alkyl halides is 6. The maximum Gasteiger partial charge on any atom is 0.434 e. The number of carbonyl (C=O) groups excluding carboxylic acids is 1. The van der Waals surface area contributed by atoms with Crippen LogP contribution in [0.15, 0.2) is 6.07 Å². The van der Waals surface area contributed by atoms with Gasteiger partial charge in [0.05, 0.1) is 11.1 Å². The zero-order chi connectivity index (χ0) is 14.3. The second-order valence-corrected chi connectivity index (χ2v) is 3.72. The number of hydrogen-bond donors (Lipinski definition) is 0. The first kappa shape index (κ1) is 15.0. The Kier molecular flexibility index (Phi) is 3.83. The Labute approximate surface area is 106 Å². The molecule has 0 bridgehead atoms. The third-order valence-corrected chi connectivity index (χ3v) is 2.14. The fourth-order valence-electron chi connectivity index (χ4n) is 1.14. The van der Waals surface area contributed by atoms with Gasteiger partial charge >= 0.3 is 12.4 Å². The van der Waals surface area contributed by atoms with Crippen LogP contribution in [0.1, 0.15) is 21.6 Å². The lowest BCUT2D eigenvalue weighted by atomic mass is 10.1. The van der Waals surface area contributed by atoms with E-state index in [1.165, 1.54) is 0 Å². The Hall–Kier alpha value is -1.02. The molecule has 0 saturated heterocycles. The van der Waals surface area contributed by atoms with Crippen molar-refractivity contribution in [3.05, 3.63) is 28.0 Å². The van der Waals surface area contributed by atoms with Crippen LogP contribution >= 0.6 is 23.2 Å². The summed E-state index contributed by atoms with van der Waals surface area (Å²) in [7, 11) is 0. The van der Waals surface area contributed by atoms with Crippen LogP contribution in [0, 0.1) is 0 Å². The van der Waals surface area contributed by atoms with E-state index in [1.807, 2.05) is 0 Å². The summed E-state index contributed by atoms with van der Waals surface area (Å²) in [5.41, 5.74) is -5.71. The van der Waals surface area contributed by atoms with Crippen molar-refractivity contribution >= 4 is 28.4 Å². The summed E-state index contributed by atoms with van der Waals surface area (Å²) in [5.74, 6) is 0. The van der Waals surface area contributed by atoms with Gasteiger partial charge in [0.15, 0.2) is 5.69 Å². The van der Waals surface area contributed by atoms with Gasteiger partial charge in [0.2, 0.25) is 0 Å². The topological polar surface area (TPSA) is 30.0 Å². The molecule has 1 rings (SSSR count). The molecule has 0 aliphatic carbocycles. The van der Waals surface area contributed by atoms with Gasteiger partial charge in [0.1, 0.15) is 5.15 Å². The highest BCUT2D eigenvalue weighted by atomic mass is 35.5. The lowest BCUT2D eigenvalue weighted by molar-refractivity contribution is -0.146. The SMILES string of the molecule is O=C(Cl)c1c(C(F)(F)F)cc(Cl)nc1C(F)(F)F. The molecule has 1 aromatic rings. The first-order chi connectivity index (χ1) is 7.94. The van der Waals surface area contributed by atoms with Gasteiger partial charge in [0, 0.05) is 0 Å². The van der Waals surface area contributed by atoms with Gasteiger partial charge < -0.3 is 0 Å². The Morgan fingerprint density at radius 2 is 1.61 bits per heavy atom. The fourth-order valence-corrected chi connectivity index (χ4v) is 1.53. The van der Waals surface area contributed by atoms with Crippen LogP contribution in [-0.2, 0) is 12.4 Å². The van der Waals surface area contributed by atoms with Crippen molar-refractivity contribution in [2.24, 2.45) is 0 Å². The summed E-state index contributed by atoms with van der Waals surface area (Å²) >= 11 is 9.83. The van der Waals surface area contributed by atoms with E-state index in [0.29, 0.717) is 0 Å². The molecule has 18 heavy (non-hydrogen) atoms. The van der Waals surface area contributed by atoms with E-state index in [4.69, 9.17) is 23.2 Å². The molecule has 2 nitrogen and oxygen atoms in total. The molecule has 0 aliphatic heterocycles. The number of nitrogens with zero attached hydrogens (tertiary/aromatic N) is 1. The molecule has 10 heteroatoms. The van der Waals surface area contributed by atoms with Gasteiger partial charge in [0.25, 0.3) is 5.24 Å². The molecule has 1 aromatic heterocycles. The molecule has 0 N–H and O–H groups in total. The molecule has 0 aliphatic rings. The third kappa shape index (κ3) is 3.05. The molecule has 0 spiro atoms. The smallest absolute Gasteiger partial charge is 0.276 e. The summed E-state index contributed by atoms with van der Waals surface area (Å²) < 4.78 is 74.8. The lowest BCUT2D eigenvalue weighted by Gasteiger charge is -2.15. The molecule has 100 valence electrons. The second-order valence-electron chi connectivity index (χ2n) is 2.99. The molecule has 0 amide bonds. The van der Waals surface area contributed by atoms with Crippen molar-refractivity contribution in [3.8, 4) is 0 Å². The van der Waals surface area contributed by atoms with E-state index in [0.717, 1.165) is 0 Å². The molecular formula is C8HCl2F6NO. The van der Waals surface area contributed by atoms with E-state index in [1.54, 1.807) is 0 Å². The van der Waals surface area contributed by atoms with Crippen LogP contribution in [0.5, 0.6) is 0 Å². The van der Waals surface area contributed by atoms with E-state index in [-0.39, 0.29) is 6.07 Å². The van der Waals surface area contributed by atoms with Crippen LogP contribution < -0.4 is 0 Å². The van der Waals surface area contributed by atoms with E-state index >= 15 is 0 Å². The minimum Gasteiger partial charge on any atom is -0.276 e. The van der Waals surface area contributed by atoms with Gasteiger partial charge in [-0.15, -0.1) is 0 Å². The van der Waals surface area contributed by atoms with Gasteiger partial charge in [-0.05, 0) is 17.7 Å². The first-order valence-corrected chi connectivity index (χ1v) is 4.75. The minimum atomic E-state index is -5.29. The molecule has 0 saturated carbocycles. The fraction of sp³-hybridized carbons (Fsp3) is 0.250. The maximum absolute atomic E-state index is 12.5. The molecule has 0 aromatic carbocycles. The second kappa shape index (κ2) is 4.58. The molecule has 1 heterocycles. The van der Waals surface area contributed by atoms with Gasteiger partial charge in [-0.3, -0.25) is 4.79 Å². The van der Waals surface area contributed by atoms with Crippen molar-refractivity contribution in [1.29, 1.82) is 0 Å². The molecule has 0 unspecified atom stereocenters. The number of aromatic nitrogens is 1. The average Bonchev–Trinajstić information content (AvgIpc) is 2.12. The van der Waals surface area contributed by atoms with Gasteiger partial charge in [-0.25, -0.2) is 4.98 Å². The number of hydrogen-bond acceptors (Lipinski definition) is 2. The molecule has 0 radical (unpaired) electrons. The molecular weight excluding hydrogens is 311 g/mol. The summed E-state index contributed by atoms with van der Waals surface area (Å²) in [5, 5.41) is -2.96. The summed E-state index contributed by atoms with van der Waals surface area (Å²) in [4.78, 5) is 13.4. The van der Waals surface area contributed by atoms with Crippen LogP contribution in [0.25, 0.3) is 0 Å². The summed E-state index contributed by atoms with van der Waals surface area (Å²) in [6.07, 6.45) is -10.5.